The molecule has 0 aromatic carbocycles. The summed E-state index contributed by atoms with van der Waals surface area (Å²) < 4.78 is 0. The Morgan fingerprint density at radius 3 is 2.15 bits per heavy atom. The van der Waals surface area contributed by atoms with Gasteiger partial charge in [0.1, 0.15) is 0 Å². The zero-order valence-corrected chi connectivity index (χ0v) is 13.5. The number of nitrogens with one attached hydrogen (secondary N) is 1. The summed E-state index contributed by atoms with van der Waals surface area (Å²) in [4.78, 5) is 23.4. The number of hydrogen-bond acceptors (Lipinski definition) is 2. The molecular formula is C16H31NO3. The SMILES string of the molecule is CCCCCCC(C)NC(=O)CC(CC)(CC)C(=O)O. The minimum absolute atomic E-state index is 0.0780. The highest BCUT2D eigenvalue weighted by molar-refractivity contribution is 5.85. The molecular weight excluding hydrogens is 254 g/mol. The Morgan fingerprint density at radius 2 is 1.70 bits per heavy atom. The van der Waals surface area contributed by atoms with Crippen molar-refractivity contribution in [3.8, 4) is 0 Å². The molecule has 118 valence electrons. The van der Waals surface area contributed by atoms with Gasteiger partial charge >= 0.3 is 5.97 Å². The molecule has 0 aromatic heterocycles. The summed E-state index contributed by atoms with van der Waals surface area (Å²) in [5, 5.41) is 12.3. The van der Waals surface area contributed by atoms with E-state index in [9.17, 15) is 14.7 Å². The average molecular weight is 285 g/mol. The third-order valence-electron chi connectivity index (χ3n) is 4.20. The minimum Gasteiger partial charge on any atom is -0.481 e. The van der Waals surface area contributed by atoms with Gasteiger partial charge in [0.25, 0.3) is 0 Å². The van der Waals surface area contributed by atoms with Crippen LogP contribution >= 0.6 is 0 Å². The Kier molecular flexibility index (Phi) is 9.26. The highest BCUT2D eigenvalue weighted by Gasteiger charge is 2.37. The molecule has 1 atom stereocenters. The Labute approximate surface area is 123 Å². The van der Waals surface area contributed by atoms with E-state index in [-0.39, 0.29) is 18.4 Å². The lowest BCUT2D eigenvalue weighted by molar-refractivity contribution is -0.152. The molecule has 1 amide bonds. The topological polar surface area (TPSA) is 66.4 Å². The van der Waals surface area contributed by atoms with Gasteiger partial charge in [0.05, 0.1) is 5.41 Å². The zero-order chi connectivity index (χ0) is 15.6. The normalized spacial score (nSPS) is 13.0. The lowest BCUT2D eigenvalue weighted by Gasteiger charge is -2.26. The third-order valence-corrected chi connectivity index (χ3v) is 4.20. The van der Waals surface area contributed by atoms with Crippen LogP contribution in [0, 0.1) is 5.41 Å². The molecule has 0 aliphatic carbocycles. The summed E-state index contributed by atoms with van der Waals surface area (Å²) in [5.74, 6) is -1.01. The van der Waals surface area contributed by atoms with Crippen LogP contribution in [0.2, 0.25) is 0 Å². The van der Waals surface area contributed by atoms with Gasteiger partial charge in [-0.3, -0.25) is 9.59 Å². The van der Waals surface area contributed by atoms with Crippen LogP contribution in [0.1, 0.15) is 79.1 Å². The Bertz CT molecular complexity index is 298. The van der Waals surface area contributed by atoms with E-state index >= 15 is 0 Å². The monoisotopic (exact) mass is 285 g/mol. The van der Waals surface area contributed by atoms with Crippen molar-refractivity contribution in [1.29, 1.82) is 0 Å². The van der Waals surface area contributed by atoms with Crippen molar-refractivity contribution in [3.63, 3.8) is 0 Å². The molecule has 0 aliphatic heterocycles. The Balaban J connectivity index is 4.22. The maximum absolute atomic E-state index is 12.0. The molecule has 0 saturated carbocycles. The predicted molar refractivity (Wildman–Crippen MR) is 81.6 cm³/mol. The number of carboxylic acid groups (broad SMARTS) is 1. The standard InChI is InChI=1S/C16H31NO3/c1-5-8-9-10-11-13(4)17-14(18)12-16(6-2,7-3)15(19)20/h13H,5-12H2,1-4H3,(H,17,18)(H,19,20). The second-order valence-electron chi connectivity index (χ2n) is 5.79. The van der Waals surface area contributed by atoms with Gasteiger partial charge in [0.15, 0.2) is 0 Å². The molecule has 2 N–H and O–H groups in total. The summed E-state index contributed by atoms with van der Waals surface area (Å²) >= 11 is 0. The van der Waals surface area contributed by atoms with E-state index in [4.69, 9.17) is 0 Å². The number of unbranched alkanes of at least 4 members (excludes halogenated alkanes) is 3. The fraction of sp³-hybridized carbons (Fsp3) is 0.875. The highest BCUT2D eigenvalue weighted by Crippen LogP contribution is 2.30. The number of hydrogen-bond donors (Lipinski definition) is 2. The molecule has 0 bridgehead atoms. The van der Waals surface area contributed by atoms with E-state index in [2.05, 4.69) is 12.2 Å². The molecule has 0 rings (SSSR count). The van der Waals surface area contributed by atoms with Crippen LogP contribution in [0.15, 0.2) is 0 Å². The molecule has 4 heteroatoms. The van der Waals surface area contributed by atoms with Crippen LogP contribution in [0.3, 0.4) is 0 Å². The zero-order valence-electron chi connectivity index (χ0n) is 13.5. The van der Waals surface area contributed by atoms with Crippen molar-refractivity contribution < 1.29 is 14.7 Å². The fourth-order valence-electron chi connectivity index (χ4n) is 2.46. The van der Waals surface area contributed by atoms with Gasteiger partial charge in [0, 0.05) is 12.5 Å². The minimum atomic E-state index is -0.911. The van der Waals surface area contributed by atoms with Gasteiger partial charge in [-0.05, 0) is 26.2 Å². The molecule has 20 heavy (non-hydrogen) atoms. The van der Waals surface area contributed by atoms with Crippen molar-refractivity contribution in [2.24, 2.45) is 5.41 Å². The molecule has 0 fully saturated rings. The third kappa shape index (κ3) is 6.40. The van der Waals surface area contributed by atoms with Gasteiger partial charge in [0.2, 0.25) is 5.91 Å². The largest absolute Gasteiger partial charge is 0.481 e. The summed E-state index contributed by atoms with van der Waals surface area (Å²) in [5.41, 5.74) is -0.911. The van der Waals surface area contributed by atoms with E-state index in [1.165, 1.54) is 19.3 Å². The second-order valence-corrected chi connectivity index (χ2v) is 5.79. The quantitative estimate of drug-likeness (QED) is 0.568. The maximum Gasteiger partial charge on any atom is 0.310 e. The van der Waals surface area contributed by atoms with Crippen LogP contribution in [0.4, 0.5) is 0 Å². The van der Waals surface area contributed by atoms with E-state index < -0.39 is 11.4 Å². The molecule has 0 aromatic rings. The van der Waals surface area contributed by atoms with Gasteiger partial charge in [-0.15, -0.1) is 0 Å². The van der Waals surface area contributed by atoms with Gasteiger partial charge in [-0.1, -0.05) is 46.5 Å². The van der Waals surface area contributed by atoms with Crippen LogP contribution in [0.25, 0.3) is 0 Å². The van der Waals surface area contributed by atoms with E-state index in [1.807, 2.05) is 20.8 Å². The van der Waals surface area contributed by atoms with E-state index in [1.54, 1.807) is 0 Å². The molecule has 0 saturated heterocycles. The van der Waals surface area contributed by atoms with Crippen molar-refractivity contribution in [3.05, 3.63) is 0 Å². The first-order valence-electron chi connectivity index (χ1n) is 7.94. The van der Waals surface area contributed by atoms with Crippen LogP contribution in [-0.4, -0.2) is 23.0 Å². The molecule has 0 radical (unpaired) electrons. The number of carbonyl (C=O) groups excluding carboxylic acids is 1. The Morgan fingerprint density at radius 1 is 1.10 bits per heavy atom. The number of rotatable bonds is 11. The lowest BCUT2D eigenvalue weighted by Crippen LogP contribution is -2.40. The number of carboxylic acids is 1. The van der Waals surface area contributed by atoms with Crippen molar-refractivity contribution >= 4 is 11.9 Å². The van der Waals surface area contributed by atoms with Gasteiger partial charge < -0.3 is 10.4 Å². The molecule has 0 spiro atoms. The second kappa shape index (κ2) is 9.78. The van der Waals surface area contributed by atoms with Crippen molar-refractivity contribution in [2.45, 2.75) is 85.1 Å². The Hall–Kier alpha value is -1.06. The van der Waals surface area contributed by atoms with Crippen LogP contribution < -0.4 is 5.32 Å². The average Bonchev–Trinajstić information content (AvgIpc) is 2.40. The summed E-state index contributed by atoms with van der Waals surface area (Å²) in [6.07, 6.45) is 6.75. The van der Waals surface area contributed by atoms with Crippen molar-refractivity contribution in [1.82, 2.24) is 5.32 Å². The van der Waals surface area contributed by atoms with Gasteiger partial charge in [-0.25, -0.2) is 0 Å². The van der Waals surface area contributed by atoms with E-state index in [0.29, 0.717) is 12.8 Å². The molecule has 1 unspecified atom stereocenters. The first kappa shape index (κ1) is 18.9. The van der Waals surface area contributed by atoms with Crippen molar-refractivity contribution in [2.75, 3.05) is 0 Å². The van der Waals surface area contributed by atoms with Crippen LogP contribution in [0.5, 0.6) is 0 Å². The summed E-state index contributed by atoms with van der Waals surface area (Å²) in [7, 11) is 0. The highest BCUT2D eigenvalue weighted by atomic mass is 16.4. The maximum atomic E-state index is 12.0. The molecule has 0 aliphatic rings. The first-order valence-corrected chi connectivity index (χ1v) is 7.94. The smallest absolute Gasteiger partial charge is 0.310 e. The number of amides is 1. The first-order chi connectivity index (χ1) is 9.41. The lowest BCUT2D eigenvalue weighted by atomic mass is 9.79. The van der Waals surface area contributed by atoms with Crippen LogP contribution in [-0.2, 0) is 9.59 Å². The summed E-state index contributed by atoms with van der Waals surface area (Å²) in [6.45, 7) is 7.83. The predicted octanol–water partition coefficient (Wildman–Crippen LogP) is 3.74. The number of carbonyl (C=O) groups is 2. The van der Waals surface area contributed by atoms with Gasteiger partial charge in [-0.2, -0.15) is 0 Å². The van der Waals surface area contributed by atoms with E-state index in [0.717, 1.165) is 12.8 Å². The number of aliphatic carboxylic acids is 1. The molecule has 0 heterocycles. The fourth-order valence-corrected chi connectivity index (χ4v) is 2.46. The molecule has 4 nitrogen and oxygen atoms in total. The summed E-state index contributed by atoms with van der Waals surface area (Å²) in [6, 6.07) is 0.125.